The van der Waals surface area contributed by atoms with Gasteiger partial charge in [-0.3, -0.25) is 0 Å². The number of ether oxygens (including phenoxy) is 4. The van der Waals surface area contributed by atoms with E-state index in [4.69, 9.17) is 18.9 Å². The third-order valence-corrected chi connectivity index (χ3v) is 5.12. The first kappa shape index (κ1) is 20.7. The standard InChI is InChI=1S/C24H21FO6/c1-28-7-8-30-23-9-14-13-31-21-12-17(15-5-3-4-6-20(15)25)19(24(26)27)10-18(21)16(14)11-22(23)29-2/h3-6,9-12H,7-8,13H2,1-2H3,(H,26,27). The first-order valence-electron chi connectivity index (χ1n) is 9.65. The number of benzene rings is 3. The quantitative estimate of drug-likeness (QED) is 0.550. The van der Waals surface area contributed by atoms with Crippen molar-refractivity contribution in [3.05, 3.63) is 65.5 Å². The normalized spacial score (nSPS) is 11.8. The van der Waals surface area contributed by atoms with Crippen LogP contribution in [0, 0.1) is 5.82 Å². The molecule has 160 valence electrons. The van der Waals surface area contributed by atoms with E-state index in [2.05, 4.69) is 0 Å². The van der Waals surface area contributed by atoms with Gasteiger partial charge in [0.25, 0.3) is 0 Å². The van der Waals surface area contributed by atoms with E-state index in [1.165, 1.54) is 19.2 Å². The molecule has 1 N–H and O–H groups in total. The van der Waals surface area contributed by atoms with Gasteiger partial charge in [-0.1, -0.05) is 18.2 Å². The van der Waals surface area contributed by atoms with Crippen molar-refractivity contribution in [1.82, 2.24) is 0 Å². The Morgan fingerprint density at radius 1 is 1.00 bits per heavy atom. The van der Waals surface area contributed by atoms with Gasteiger partial charge in [0, 0.05) is 29.4 Å². The zero-order valence-corrected chi connectivity index (χ0v) is 17.1. The lowest BCUT2D eigenvalue weighted by atomic mass is 9.90. The van der Waals surface area contributed by atoms with Gasteiger partial charge in [0.05, 0.1) is 19.3 Å². The van der Waals surface area contributed by atoms with Crippen LogP contribution in [0.4, 0.5) is 4.39 Å². The second-order valence-electron chi connectivity index (χ2n) is 6.97. The summed E-state index contributed by atoms with van der Waals surface area (Å²) >= 11 is 0. The summed E-state index contributed by atoms with van der Waals surface area (Å²) in [5.41, 5.74) is 2.66. The van der Waals surface area contributed by atoms with Gasteiger partial charge in [-0.15, -0.1) is 0 Å². The summed E-state index contributed by atoms with van der Waals surface area (Å²) in [5, 5.41) is 9.81. The van der Waals surface area contributed by atoms with Gasteiger partial charge in [0.2, 0.25) is 0 Å². The van der Waals surface area contributed by atoms with Crippen LogP contribution in [0.15, 0.2) is 48.5 Å². The van der Waals surface area contributed by atoms with Gasteiger partial charge in [0.15, 0.2) is 11.5 Å². The molecule has 0 saturated heterocycles. The Balaban J connectivity index is 1.84. The summed E-state index contributed by atoms with van der Waals surface area (Å²) in [6, 6.07) is 12.8. The van der Waals surface area contributed by atoms with E-state index in [0.717, 1.165) is 11.1 Å². The summed E-state index contributed by atoms with van der Waals surface area (Å²) < 4.78 is 36.5. The number of fused-ring (bicyclic) bond motifs is 3. The van der Waals surface area contributed by atoms with Crippen LogP contribution in [-0.2, 0) is 11.3 Å². The van der Waals surface area contributed by atoms with E-state index in [9.17, 15) is 14.3 Å². The van der Waals surface area contributed by atoms with Crippen LogP contribution >= 0.6 is 0 Å². The second kappa shape index (κ2) is 8.65. The molecule has 1 aliphatic heterocycles. The number of hydrogen-bond donors (Lipinski definition) is 1. The highest BCUT2D eigenvalue weighted by Crippen LogP contribution is 2.45. The first-order valence-corrected chi connectivity index (χ1v) is 9.65. The summed E-state index contributed by atoms with van der Waals surface area (Å²) in [4.78, 5) is 12.0. The highest BCUT2D eigenvalue weighted by atomic mass is 19.1. The van der Waals surface area contributed by atoms with Crippen molar-refractivity contribution < 1.29 is 33.2 Å². The van der Waals surface area contributed by atoms with Crippen molar-refractivity contribution in [1.29, 1.82) is 0 Å². The minimum atomic E-state index is -1.15. The molecule has 6 nitrogen and oxygen atoms in total. The fourth-order valence-electron chi connectivity index (χ4n) is 3.62. The van der Waals surface area contributed by atoms with Crippen molar-refractivity contribution in [2.24, 2.45) is 0 Å². The molecule has 31 heavy (non-hydrogen) atoms. The average Bonchev–Trinajstić information content (AvgIpc) is 2.78. The molecule has 0 amide bonds. The Morgan fingerprint density at radius 3 is 2.52 bits per heavy atom. The fraction of sp³-hybridized carbons (Fsp3) is 0.208. The third kappa shape index (κ3) is 3.92. The van der Waals surface area contributed by atoms with E-state index in [-0.39, 0.29) is 23.3 Å². The molecule has 4 rings (SSSR count). The number of carboxylic acids is 1. The van der Waals surface area contributed by atoms with Crippen LogP contribution in [-0.4, -0.2) is 38.5 Å². The largest absolute Gasteiger partial charge is 0.493 e. The van der Waals surface area contributed by atoms with E-state index in [1.54, 1.807) is 37.4 Å². The Kier molecular flexibility index (Phi) is 5.77. The van der Waals surface area contributed by atoms with Crippen molar-refractivity contribution in [2.45, 2.75) is 6.61 Å². The van der Waals surface area contributed by atoms with Gasteiger partial charge in [-0.2, -0.15) is 0 Å². The van der Waals surface area contributed by atoms with Crippen molar-refractivity contribution in [3.63, 3.8) is 0 Å². The lowest BCUT2D eigenvalue weighted by Crippen LogP contribution is -2.11. The molecule has 0 spiro atoms. The van der Waals surface area contributed by atoms with Crippen LogP contribution < -0.4 is 14.2 Å². The van der Waals surface area contributed by atoms with Crippen LogP contribution in [0.2, 0.25) is 0 Å². The maximum atomic E-state index is 14.4. The number of halogens is 1. The molecule has 0 aromatic heterocycles. The molecule has 0 fully saturated rings. The molecule has 1 heterocycles. The average molecular weight is 424 g/mol. The van der Waals surface area contributed by atoms with Crippen molar-refractivity contribution >= 4 is 5.97 Å². The van der Waals surface area contributed by atoms with Gasteiger partial charge >= 0.3 is 5.97 Å². The SMILES string of the molecule is COCCOc1cc2c(cc1OC)-c1cc(C(=O)O)c(-c3ccccc3F)cc1OC2. The lowest BCUT2D eigenvalue weighted by molar-refractivity contribution is 0.0697. The third-order valence-electron chi connectivity index (χ3n) is 5.12. The van der Waals surface area contributed by atoms with Gasteiger partial charge in [-0.05, 0) is 35.9 Å². The monoisotopic (exact) mass is 424 g/mol. The number of methoxy groups -OCH3 is 2. The van der Waals surface area contributed by atoms with Gasteiger partial charge in [0.1, 0.15) is 24.8 Å². The summed E-state index contributed by atoms with van der Waals surface area (Å²) in [6.07, 6.45) is 0. The number of aromatic carboxylic acids is 1. The molecule has 0 saturated carbocycles. The predicted octanol–water partition coefficient (Wildman–Crippen LogP) is 4.78. The lowest BCUT2D eigenvalue weighted by Gasteiger charge is -2.24. The molecular weight excluding hydrogens is 403 g/mol. The number of carboxylic acid groups (broad SMARTS) is 1. The molecule has 3 aromatic rings. The molecule has 3 aromatic carbocycles. The van der Waals surface area contributed by atoms with Crippen LogP contribution in [0.1, 0.15) is 15.9 Å². The first-order chi connectivity index (χ1) is 15.0. The molecule has 0 unspecified atom stereocenters. The van der Waals surface area contributed by atoms with E-state index >= 15 is 0 Å². The molecule has 0 aliphatic carbocycles. The zero-order valence-electron chi connectivity index (χ0n) is 17.1. The van der Waals surface area contributed by atoms with Crippen LogP contribution in [0.5, 0.6) is 17.2 Å². The Bertz CT molecular complexity index is 1140. The van der Waals surface area contributed by atoms with Crippen LogP contribution in [0.3, 0.4) is 0 Å². The fourth-order valence-corrected chi connectivity index (χ4v) is 3.62. The summed E-state index contributed by atoms with van der Waals surface area (Å²) in [6.45, 7) is 1.05. The Hall–Kier alpha value is -3.58. The van der Waals surface area contributed by atoms with Crippen LogP contribution in [0.25, 0.3) is 22.3 Å². The molecule has 1 aliphatic rings. The van der Waals surface area contributed by atoms with Gasteiger partial charge in [-0.25, -0.2) is 9.18 Å². The smallest absolute Gasteiger partial charge is 0.336 e. The minimum absolute atomic E-state index is 0.0142. The molecule has 0 radical (unpaired) electrons. The number of hydrogen-bond acceptors (Lipinski definition) is 5. The maximum absolute atomic E-state index is 14.4. The van der Waals surface area contributed by atoms with E-state index in [1.807, 2.05) is 6.07 Å². The Morgan fingerprint density at radius 2 is 1.81 bits per heavy atom. The minimum Gasteiger partial charge on any atom is -0.493 e. The van der Waals surface area contributed by atoms with Gasteiger partial charge < -0.3 is 24.1 Å². The maximum Gasteiger partial charge on any atom is 0.336 e. The molecule has 7 heteroatoms. The molecular formula is C24H21FO6. The Labute approximate surface area is 178 Å². The van der Waals surface area contributed by atoms with Crippen molar-refractivity contribution in [3.8, 4) is 39.5 Å². The van der Waals surface area contributed by atoms with E-state index in [0.29, 0.717) is 36.0 Å². The summed E-state index contributed by atoms with van der Waals surface area (Å²) in [5.74, 6) is -0.115. The number of carbonyl (C=O) groups is 1. The molecule has 0 bridgehead atoms. The second-order valence-corrected chi connectivity index (χ2v) is 6.97. The highest BCUT2D eigenvalue weighted by molar-refractivity contribution is 5.99. The topological polar surface area (TPSA) is 74.2 Å². The van der Waals surface area contributed by atoms with Crippen molar-refractivity contribution in [2.75, 3.05) is 27.4 Å². The molecule has 0 atom stereocenters. The van der Waals surface area contributed by atoms with E-state index < -0.39 is 11.8 Å². The summed E-state index contributed by atoms with van der Waals surface area (Å²) in [7, 11) is 3.13. The number of rotatable bonds is 7. The zero-order chi connectivity index (χ0) is 22.0. The predicted molar refractivity (Wildman–Crippen MR) is 112 cm³/mol. The highest BCUT2D eigenvalue weighted by Gasteiger charge is 2.25.